The second-order valence-corrected chi connectivity index (χ2v) is 8.95. The third kappa shape index (κ3) is 3.55. The van der Waals surface area contributed by atoms with Crippen molar-refractivity contribution in [2.24, 2.45) is 11.3 Å². The number of piperidine rings is 1. The summed E-state index contributed by atoms with van der Waals surface area (Å²) in [4.78, 5) is 15.3. The summed E-state index contributed by atoms with van der Waals surface area (Å²) in [6.45, 7) is 3.07. The van der Waals surface area contributed by atoms with E-state index in [1.54, 1.807) is 11.3 Å². The van der Waals surface area contributed by atoms with E-state index in [0.717, 1.165) is 38.4 Å². The molecule has 2 heterocycles. The molecule has 132 valence electrons. The van der Waals surface area contributed by atoms with Gasteiger partial charge in [-0.1, -0.05) is 25.7 Å². The van der Waals surface area contributed by atoms with Crippen LogP contribution in [-0.4, -0.2) is 29.9 Å². The van der Waals surface area contributed by atoms with E-state index in [4.69, 9.17) is 0 Å². The molecule has 1 N–H and O–H groups in total. The van der Waals surface area contributed by atoms with E-state index in [9.17, 15) is 4.79 Å². The van der Waals surface area contributed by atoms with Crippen molar-refractivity contribution in [3.8, 4) is 0 Å². The molecule has 1 amide bonds. The minimum atomic E-state index is 0.411. The van der Waals surface area contributed by atoms with Crippen molar-refractivity contribution in [1.82, 2.24) is 10.2 Å². The van der Waals surface area contributed by atoms with Crippen LogP contribution in [0.4, 0.5) is 0 Å². The summed E-state index contributed by atoms with van der Waals surface area (Å²) in [5.74, 6) is 1.22. The van der Waals surface area contributed by atoms with Gasteiger partial charge in [0, 0.05) is 19.0 Å². The highest BCUT2D eigenvalue weighted by molar-refractivity contribution is 7.07. The molecule has 0 bridgehead atoms. The van der Waals surface area contributed by atoms with Gasteiger partial charge < -0.3 is 10.2 Å². The van der Waals surface area contributed by atoms with Crippen molar-refractivity contribution in [3.05, 3.63) is 22.4 Å². The SMILES string of the molecule is O=C(CCC1CCCC1)N(Cc1ccsc1)C1CC12CCNCC2. The highest BCUT2D eigenvalue weighted by atomic mass is 32.1. The van der Waals surface area contributed by atoms with Crippen LogP contribution < -0.4 is 5.32 Å². The monoisotopic (exact) mass is 346 g/mol. The maximum atomic E-state index is 13.0. The molecule has 4 rings (SSSR count). The van der Waals surface area contributed by atoms with Crippen LogP contribution in [0.3, 0.4) is 0 Å². The lowest BCUT2D eigenvalue weighted by Gasteiger charge is -2.30. The summed E-state index contributed by atoms with van der Waals surface area (Å²) in [6.07, 6.45) is 11.0. The van der Waals surface area contributed by atoms with Crippen molar-refractivity contribution in [1.29, 1.82) is 0 Å². The van der Waals surface area contributed by atoms with Crippen LogP contribution in [-0.2, 0) is 11.3 Å². The third-order valence-electron chi connectivity index (χ3n) is 6.62. The fraction of sp³-hybridized carbons (Fsp3) is 0.750. The quantitative estimate of drug-likeness (QED) is 0.838. The average molecular weight is 347 g/mol. The molecule has 0 radical (unpaired) electrons. The van der Waals surface area contributed by atoms with Crippen LogP contribution in [0.15, 0.2) is 16.8 Å². The van der Waals surface area contributed by atoms with Crippen molar-refractivity contribution in [2.45, 2.75) is 70.4 Å². The molecule has 1 atom stereocenters. The minimum absolute atomic E-state index is 0.411. The highest BCUT2D eigenvalue weighted by Gasteiger charge is 2.57. The van der Waals surface area contributed by atoms with Gasteiger partial charge in [-0.15, -0.1) is 0 Å². The van der Waals surface area contributed by atoms with E-state index >= 15 is 0 Å². The van der Waals surface area contributed by atoms with Gasteiger partial charge in [0.05, 0.1) is 0 Å². The number of nitrogens with one attached hydrogen (secondary N) is 1. The maximum Gasteiger partial charge on any atom is 0.223 e. The van der Waals surface area contributed by atoms with Gasteiger partial charge in [0.2, 0.25) is 5.91 Å². The highest BCUT2D eigenvalue weighted by Crippen LogP contribution is 2.56. The summed E-state index contributed by atoms with van der Waals surface area (Å²) in [6, 6.07) is 2.68. The number of carbonyl (C=O) groups is 1. The number of amides is 1. The van der Waals surface area contributed by atoms with Gasteiger partial charge in [0.25, 0.3) is 0 Å². The molecule has 1 spiro atoms. The lowest BCUT2D eigenvalue weighted by Crippen LogP contribution is -2.39. The third-order valence-corrected chi connectivity index (χ3v) is 7.35. The molecule has 1 aromatic rings. The lowest BCUT2D eigenvalue weighted by molar-refractivity contribution is -0.133. The topological polar surface area (TPSA) is 32.3 Å². The summed E-state index contributed by atoms with van der Waals surface area (Å²) in [5.41, 5.74) is 1.75. The Morgan fingerprint density at radius 2 is 2.08 bits per heavy atom. The molecule has 4 heteroatoms. The Hall–Kier alpha value is -0.870. The minimum Gasteiger partial charge on any atom is -0.335 e. The second kappa shape index (κ2) is 7.17. The Balaban J connectivity index is 1.40. The zero-order valence-corrected chi connectivity index (χ0v) is 15.5. The van der Waals surface area contributed by atoms with Crippen LogP contribution in [0.25, 0.3) is 0 Å². The summed E-state index contributed by atoms with van der Waals surface area (Å²) in [5, 5.41) is 7.81. The van der Waals surface area contributed by atoms with E-state index in [-0.39, 0.29) is 0 Å². The van der Waals surface area contributed by atoms with Crippen molar-refractivity contribution < 1.29 is 4.79 Å². The number of thiophene rings is 1. The first-order chi connectivity index (χ1) is 11.8. The zero-order valence-electron chi connectivity index (χ0n) is 14.6. The van der Waals surface area contributed by atoms with Gasteiger partial charge in [-0.05, 0) is 72.5 Å². The normalized spacial score (nSPS) is 25.9. The Morgan fingerprint density at radius 1 is 1.29 bits per heavy atom. The molecular weight excluding hydrogens is 316 g/mol. The lowest BCUT2D eigenvalue weighted by atomic mass is 9.93. The maximum absolute atomic E-state index is 13.0. The van der Waals surface area contributed by atoms with Gasteiger partial charge in [0.1, 0.15) is 0 Å². The van der Waals surface area contributed by atoms with Crippen LogP contribution in [0.1, 0.15) is 63.4 Å². The number of nitrogens with zero attached hydrogens (tertiary/aromatic N) is 1. The zero-order chi connectivity index (χ0) is 16.4. The van der Waals surface area contributed by atoms with E-state index < -0.39 is 0 Å². The summed E-state index contributed by atoms with van der Waals surface area (Å²) < 4.78 is 0. The van der Waals surface area contributed by atoms with E-state index in [0.29, 0.717) is 17.4 Å². The van der Waals surface area contributed by atoms with Gasteiger partial charge in [-0.3, -0.25) is 4.79 Å². The number of hydrogen-bond donors (Lipinski definition) is 1. The Labute approximate surface area is 149 Å². The van der Waals surface area contributed by atoms with Crippen LogP contribution in [0.2, 0.25) is 0 Å². The molecule has 2 aliphatic carbocycles. The molecule has 3 fully saturated rings. The van der Waals surface area contributed by atoms with Crippen molar-refractivity contribution >= 4 is 17.2 Å². The predicted molar refractivity (Wildman–Crippen MR) is 99.0 cm³/mol. The smallest absolute Gasteiger partial charge is 0.223 e. The van der Waals surface area contributed by atoms with Crippen LogP contribution >= 0.6 is 11.3 Å². The van der Waals surface area contributed by atoms with Gasteiger partial charge >= 0.3 is 0 Å². The summed E-state index contributed by atoms with van der Waals surface area (Å²) in [7, 11) is 0. The van der Waals surface area contributed by atoms with Crippen molar-refractivity contribution in [3.63, 3.8) is 0 Å². The first-order valence-corrected chi connectivity index (χ1v) is 10.7. The van der Waals surface area contributed by atoms with Crippen molar-refractivity contribution in [2.75, 3.05) is 13.1 Å². The Morgan fingerprint density at radius 3 is 2.79 bits per heavy atom. The summed E-state index contributed by atoms with van der Waals surface area (Å²) >= 11 is 1.74. The molecule has 24 heavy (non-hydrogen) atoms. The average Bonchev–Trinajstić information content (AvgIpc) is 3.06. The predicted octanol–water partition coefficient (Wildman–Crippen LogP) is 4.19. The standard InChI is InChI=1S/C20H30N2OS/c23-19(6-5-16-3-1-2-4-16)22(14-17-7-12-24-15-17)18-13-20(18)8-10-21-11-9-20/h7,12,15-16,18,21H,1-6,8-11,13-14H2. The van der Waals surface area contributed by atoms with Crippen LogP contribution in [0.5, 0.6) is 0 Å². The molecule has 1 aliphatic heterocycles. The number of hydrogen-bond acceptors (Lipinski definition) is 3. The molecule has 3 nitrogen and oxygen atoms in total. The largest absolute Gasteiger partial charge is 0.335 e. The van der Waals surface area contributed by atoms with Crippen LogP contribution in [0, 0.1) is 11.3 Å². The Kier molecular flexibility index (Phi) is 4.95. The van der Waals surface area contributed by atoms with Gasteiger partial charge in [-0.2, -0.15) is 11.3 Å². The first kappa shape index (κ1) is 16.6. The van der Waals surface area contributed by atoms with E-state index in [1.165, 1.54) is 50.5 Å². The fourth-order valence-electron chi connectivity index (χ4n) is 4.95. The first-order valence-electron chi connectivity index (χ1n) is 9.78. The molecule has 1 unspecified atom stereocenters. The molecule has 0 aromatic carbocycles. The fourth-order valence-corrected chi connectivity index (χ4v) is 5.61. The van der Waals surface area contributed by atoms with Gasteiger partial charge in [-0.25, -0.2) is 0 Å². The molecule has 2 saturated carbocycles. The number of rotatable bonds is 6. The van der Waals surface area contributed by atoms with Gasteiger partial charge in [0.15, 0.2) is 0 Å². The molecule has 3 aliphatic rings. The molecule has 1 aromatic heterocycles. The second-order valence-electron chi connectivity index (χ2n) is 8.17. The van der Waals surface area contributed by atoms with E-state index in [2.05, 4.69) is 27.0 Å². The Bertz CT molecular complexity index is 544. The molecule has 1 saturated heterocycles. The van der Waals surface area contributed by atoms with E-state index in [1.807, 2.05) is 0 Å². The number of carbonyl (C=O) groups excluding carboxylic acids is 1. The molecular formula is C20H30N2OS.